The van der Waals surface area contributed by atoms with Gasteiger partial charge in [-0.1, -0.05) is 38.3 Å². The SMILES string of the molecule is CCCCCCc1cc2ccccc2[s+]1C(F)(F)F.[Cl-]. The standard InChI is InChI=1S/C15H18F3S.ClH/c1-2-3-4-5-9-13-11-12-8-6-7-10-14(12)19(13)15(16,17)18;/h6-8,10-11H,2-5,9H2,1H3;1H/q+1;/p-1. The van der Waals surface area contributed by atoms with Gasteiger partial charge in [0, 0.05) is 17.9 Å². The summed E-state index contributed by atoms with van der Waals surface area (Å²) >= 11 is 0. The second-order valence-electron chi connectivity index (χ2n) is 4.71. The number of halogens is 4. The number of alkyl halides is 3. The van der Waals surface area contributed by atoms with E-state index in [9.17, 15) is 13.2 Å². The lowest BCUT2D eigenvalue weighted by Crippen LogP contribution is -3.00. The maximum atomic E-state index is 13.2. The fraction of sp³-hybridized carbons (Fsp3) is 0.467. The van der Waals surface area contributed by atoms with Crippen molar-refractivity contribution in [2.24, 2.45) is 0 Å². The summed E-state index contributed by atoms with van der Waals surface area (Å²) < 4.78 is 40.2. The van der Waals surface area contributed by atoms with E-state index in [1.807, 2.05) is 0 Å². The molecule has 0 aliphatic heterocycles. The third-order valence-corrected chi connectivity index (χ3v) is 5.35. The predicted molar refractivity (Wildman–Crippen MR) is 75.6 cm³/mol. The molecule has 0 spiro atoms. The molecule has 2 aromatic rings. The highest BCUT2D eigenvalue weighted by atomic mass is 35.5. The van der Waals surface area contributed by atoms with E-state index in [1.54, 1.807) is 30.3 Å². The van der Waals surface area contributed by atoms with E-state index in [2.05, 4.69) is 6.92 Å². The normalized spacial score (nSPS) is 12.5. The Labute approximate surface area is 126 Å². The number of hydrogen-bond acceptors (Lipinski definition) is 0. The van der Waals surface area contributed by atoms with Gasteiger partial charge in [-0.05, 0) is 18.6 Å². The van der Waals surface area contributed by atoms with Crippen LogP contribution in [-0.4, -0.2) is 0 Å². The Morgan fingerprint density at radius 3 is 2.40 bits per heavy atom. The second-order valence-corrected chi connectivity index (χ2v) is 6.75. The molecule has 0 nitrogen and oxygen atoms in total. The Morgan fingerprint density at radius 2 is 1.75 bits per heavy atom. The molecule has 0 saturated heterocycles. The van der Waals surface area contributed by atoms with Gasteiger partial charge in [-0.3, -0.25) is 0 Å². The Morgan fingerprint density at radius 1 is 1.05 bits per heavy atom. The van der Waals surface area contributed by atoms with E-state index in [0.29, 0.717) is 16.0 Å². The molecule has 0 radical (unpaired) electrons. The third-order valence-electron chi connectivity index (χ3n) is 3.23. The lowest BCUT2D eigenvalue weighted by atomic mass is 10.1. The van der Waals surface area contributed by atoms with E-state index in [1.165, 1.54) is 0 Å². The van der Waals surface area contributed by atoms with Crippen LogP contribution in [0.5, 0.6) is 0 Å². The van der Waals surface area contributed by atoms with Gasteiger partial charge in [-0.2, -0.15) is 0 Å². The summed E-state index contributed by atoms with van der Waals surface area (Å²) in [6, 6.07) is 8.63. The molecule has 0 aliphatic carbocycles. The number of rotatable bonds is 5. The largest absolute Gasteiger partial charge is 1.00 e. The molecule has 1 aromatic heterocycles. The minimum absolute atomic E-state index is 0. The van der Waals surface area contributed by atoms with Gasteiger partial charge in [0.25, 0.3) is 0 Å². The van der Waals surface area contributed by atoms with Crippen LogP contribution in [0.1, 0.15) is 37.5 Å². The van der Waals surface area contributed by atoms with Crippen LogP contribution in [0, 0.1) is 0 Å². The predicted octanol–water partition coefficient (Wildman–Crippen LogP) is 3.19. The minimum Gasteiger partial charge on any atom is -1.00 e. The quantitative estimate of drug-likeness (QED) is 0.586. The molecule has 1 atom stereocenters. The minimum atomic E-state index is -4.15. The van der Waals surface area contributed by atoms with Gasteiger partial charge in [-0.25, -0.2) is 0 Å². The summed E-state index contributed by atoms with van der Waals surface area (Å²) in [4.78, 5) is 0.560. The molecule has 0 amide bonds. The van der Waals surface area contributed by atoms with Crippen molar-refractivity contribution in [3.63, 3.8) is 0 Å². The smallest absolute Gasteiger partial charge is 0.600 e. The molecule has 0 fully saturated rings. The number of benzene rings is 1. The molecule has 20 heavy (non-hydrogen) atoms. The topological polar surface area (TPSA) is 0 Å². The van der Waals surface area contributed by atoms with Crippen LogP contribution in [0.2, 0.25) is 0 Å². The van der Waals surface area contributed by atoms with Crippen molar-refractivity contribution >= 4 is 20.6 Å². The molecule has 1 aromatic carbocycles. The Hall–Kier alpha value is -0.740. The first kappa shape index (κ1) is 17.3. The van der Waals surface area contributed by atoms with Gasteiger partial charge in [0.15, 0.2) is 9.58 Å². The summed E-state index contributed by atoms with van der Waals surface area (Å²) in [6.45, 7) is 2.10. The molecule has 5 heteroatoms. The van der Waals surface area contributed by atoms with E-state index >= 15 is 0 Å². The van der Waals surface area contributed by atoms with Crippen LogP contribution in [-0.2, 0) is 11.9 Å². The zero-order chi connectivity index (χ0) is 13.9. The van der Waals surface area contributed by atoms with E-state index < -0.39 is 16.0 Å². The van der Waals surface area contributed by atoms with E-state index in [-0.39, 0.29) is 12.4 Å². The van der Waals surface area contributed by atoms with Gasteiger partial charge in [0.05, 0.1) is 10.5 Å². The van der Waals surface area contributed by atoms with E-state index in [0.717, 1.165) is 31.1 Å². The highest BCUT2D eigenvalue weighted by Gasteiger charge is 2.47. The summed E-state index contributed by atoms with van der Waals surface area (Å²) in [5.41, 5.74) is -4.15. The lowest BCUT2D eigenvalue weighted by Gasteiger charge is -2.00. The molecule has 0 saturated carbocycles. The zero-order valence-electron chi connectivity index (χ0n) is 11.3. The van der Waals surface area contributed by atoms with Gasteiger partial charge in [-0.15, -0.1) is 13.2 Å². The van der Waals surface area contributed by atoms with Crippen molar-refractivity contribution in [3.8, 4) is 0 Å². The highest BCUT2D eigenvalue weighted by Crippen LogP contribution is 2.51. The molecule has 0 N–H and O–H groups in total. The Balaban J connectivity index is 0.00000200. The number of aryl methyl sites for hydroxylation is 1. The maximum absolute atomic E-state index is 13.2. The number of unbranched alkanes of at least 4 members (excludes halogenated alkanes) is 3. The molecule has 2 rings (SSSR count). The monoisotopic (exact) mass is 322 g/mol. The van der Waals surface area contributed by atoms with Gasteiger partial charge < -0.3 is 12.4 Å². The summed E-state index contributed by atoms with van der Waals surface area (Å²) in [7, 11) is -1.70. The first-order chi connectivity index (χ1) is 9.04. The summed E-state index contributed by atoms with van der Waals surface area (Å²) in [5, 5.41) is 0.744. The summed E-state index contributed by atoms with van der Waals surface area (Å²) in [5.74, 6) is 0. The zero-order valence-corrected chi connectivity index (χ0v) is 12.9. The first-order valence-electron chi connectivity index (χ1n) is 6.64. The van der Waals surface area contributed by atoms with Crippen LogP contribution in [0.4, 0.5) is 13.2 Å². The maximum Gasteiger partial charge on any atom is 0.600 e. The molecular formula is C15H18ClF3S. The fourth-order valence-corrected chi connectivity index (χ4v) is 4.33. The lowest BCUT2D eigenvalue weighted by molar-refractivity contribution is -0.0867. The molecule has 0 aliphatic rings. The van der Waals surface area contributed by atoms with Gasteiger partial charge >= 0.3 is 5.51 Å². The van der Waals surface area contributed by atoms with Crippen molar-refractivity contribution in [3.05, 3.63) is 35.2 Å². The molecule has 1 unspecified atom stereocenters. The average Bonchev–Trinajstić information content (AvgIpc) is 2.72. The fourth-order valence-electron chi connectivity index (χ4n) is 2.33. The number of fused-ring (bicyclic) bond motifs is 1. The van der Waals surface area contributed by atoms with Gasteiger partial charge in [0.1, 0.15) is 0 Å². The molecular weight excluding hydrogens is 305 g/mol. The van der Waals surface area contributed by atoms with Crippen LogP contribution in [0.15, 0.2) is 30.3 Å². The third kappa shape index (κ3) is 3.89. The first-order valence-corrected chi connectivity index (χ1v) is 7.87. The highest BCUT2D eigenvalue weighted by molar-refractivity contribution is 7.38. The van der Waals surface area contributed by atoms with Crippen LogP contribution >= 0.6 is 10.5 Å². The van der Waals surface area contributed by atoms with Crippen LogP contribution in [0.25, 0.3) is 10.1 Å². The Bertz CT molecular complexity index is 546. The van der Waals surface area contributed by atoms with Crippen molar-refractivity contribution in [2.75, 3.05) is 0 Å². The van der Waals surface area contributed by atoms with Crippen molar-refractivity contribution in [1.29, 1.82) is 0 Å². The Kier molecular flexibility index (Phi) is 6.34. The van der Waals surface area contributed by atoms with Crippen molar-refractivity contribution in [1.82, 2.24) is 0 Å². The van der Waals surface area contributed by atoms with Crippen LogP contribution < -0.4 is 12.4 Å². The van der Waals surface area contributed by atoms with Crippen molar-refractivity contribution in [2.45, 2.75) is 44.5 Å². The van der Waals surface area contributed by atoms with Crippen LogP contribution in [0.3, 0.4) is 0 Å². The van der Waals surface area contributed by atoms with E-state index in [4.69, 9.17) is 0 Å². The number of hydrogen-bond donors (Lipinski definition) is 0. The van der Waals surface area contributed by atoms with Gasteiger partial charge in [0.2, 0.25) is 0 Å². The molecule has 112 valence electrons. The molecule has 1 heterocycles. The molecule has 0 bridgehead atoms. The average molecular weight is 323 g/mol. The van der Waals surface area contributed by atoms with Crippen molar-refractivity contribution < 1.29 is 25.6 Å². The summed E-state index contributed by atoms with van der Waals surface area (Å²) in [6.07, 6.45) is 4.63. The second kappa shape index (κ2) is 7.32. The number of thiophene rings is 1.